The molecular weight excluding hydrogens is 306 g/mol. The number of para-hydroxylation sites is 1. The Morgan fingerprint density at radius 3 is 2.58 bits per heavy atom. The minimum absolute atomic E-state index is 0.0893. The Balaban J connectivity index is 1.88. The predicted octanol–water partition coefficient (Wildman–Crippen LogP) is 2.30. The first-order valence-electron chi connectivity index (χ1n) is 7.38. The molecule has 0 heterocycles. The first-order chi connectivity index (χ1) is 11.7. The van der Waals surface area contributed by atoms with Crippen LogP contribution in [0.2, 0.25) is 0 Å². The van der Waals surface area contributed by atoms with E-state index in [4.69, 9.17) is 14.7 Å². The van der Waals surface area contributed by atoms with E-state index in [0.29, 0.717) is 29.3 Å². The Kier molecular flexibility index (Phi) is 6.03. The molecule has 0 saturated carbocycles. The van der Waals surface area contributed by atoms with Crippen molar-refractivity contribution in [3.63, 3.8) is 0 Å². The molecule has 2 aromatic rings. The van der Waals surface area contributed by atoms with Crippen molar-refractivity contribution in [3.8, 4) is 17.6 Å². The van der Waals surface area contributed by atoms with Crippen molar-refractivity contribution in [1.29, 1.82) is 5.26 Å². The highest BCUT2D eigenvalue weighted by Crippen LogP contribution is 2.27. The van der Waals surface area contributed by atoms with E-state index in [-0.39, 0.29) is 12.5 Å². The summed E-state index contributed by atoms with van der Waals surface area (Å²) in [6.07, 6.45) is 0. The molecule has 0 aliphatic heterocycles. The van der Waals surface area contributed by atoms with Gasteiger partial charge in [-0.3, -0.25) is 4.79 Å². The number of amides is 1. The van der Waals surface area contributed by atoms with Crippen LogP contribution in [-0.2, 0) is 11.3 Å². The smallest absolute Gasteiger partial charge is 0.239 e. The van der Waals surface area contributed by atoms with Gasteiger partial charge in [0.15, 0.2) is 11.5 Å². The van der Waals surface area contributed by atoms with E-state index in [1.807, 2.05) is 18.2 Å². The number of hydrogen-bond acceptors (Lipinski definition) is 5. The second kappa shape index (κ2) is 8.44. The zero-order valence-corrected chi connectivity index (χ0v) is 13.6. The maximum Gasteiger partial charge on any atom is 0.239 e. The first-order valence-corrected chi connectivity index (χ1v) is 7.38. The zero-order valence-electron chi connectivity index (χ0n) is 13.6. The second-order valence-corrected chi connectivity index (χ2v) is 4.98. The molecule has 0 bridgehead atoms. The lowest BCUT2D eigenvalue weighted by atomic mass is 10.2. The largest absolute Gasteiger partial charge is 0.493 e. The van der Waals surface area contributed by atoms with Gasteiger partial charge in [-0.05, 0) is 29.8 Å². The summed E-state index contributed by atoms with van der Waals surface area (Å²) < 4.78 is 10.4. The van der Waals surface area contributed by atoms with E-state index < -0.39 is 0 Å². The van der Waals surface area contributed by atoms with Gasteiger partial charge in [-0.1, -0.05) is 18.2 Å². The molecule has 2 aromatic carbocycles. The van der Waals surface area contributed by atoms with Crippen molar-refractivity contribution in [1.82, 2.24) is 5.32 Å². The van der Waals surface area contributed by atoms with Gasteiger partial charge in [-0.25, -0.2) is 0 Å². The van der Waals surface area contributed by atoms with Gasteiger partial charge in [0.25, 0.3) is 0 Å². The summed E-state index contributed by atoms with van der Waals surface area (Å²) in [6, 6.07) is 14.6. The van der Waals surface area contributed by atoms with Gasteiger partial charge in [-0.2, -0.15) is 5.26 Å². The SMILES string of the molecule is COc1ccc(CNC(=O)CNc2ccccc2C#N)cc1OC. The van der Waals surface area contributed by atoms with Crippen molar-refractivity contribution < 1.29 is 14.3 Å². The molecule has 0 radical (unpaired) electrons. The normalized spacial score (nSPS) is 9.71. The molecule has 2 N–H and O–H groups in total. The lowest BCUT2D eigenvalue weighted by Gasteiger charge is -2.11. The van der Waals surface area contributed by atoms with Gasteiger partial charge in [0.2, 0.25) is 5.91 Å². The molecule has 6 heteroatoms. The fourth-order valence-corrected chi connectivity index (χ4v) is 2.16. The van der Waals surface area contributed by atoms with Crippen molar-refractivity contribution in [2.24, 2.45) is 0 Å². The lowest BCUT2D eigenvalue weighted by Crippen LogP contribution is -2.29. The van der Waals surface area contributed by atoms with E-state index >= 15 is 0 Å². The number of rotatable bonds is 7. The minimum Gasteiger partial charge on any atom is -0.493 e. The lowest BCUT2D eigenvalue weighted by molar-refractivity contribution is -0.119. The number of nitrogens with zero attached hydrogens (tertiary/aromatic N) is 1. The van der Waals surface area contributed by atoms with E-state index in [9.17, 15) is 4.79 Å². The Labute approximate surface area is 141 Å². The summed E-state index contributed by atoms with van der Waals surface area (Å²) in [5, 5.41) is 14.8. The molecule has 0 saturated heterocycles. The maximum atomic E-state index is 12.0. The molecule has 124 valence electrons. The van der Waals surface area contributed by atoms with Gasteiger partial charge in [0.05, 0.1) is 32.0 Å². The highest BCUT2D eigenvalue weighted by atomic mass is 16.5. The Hall–Kier alpha value is -3.20. The molecule has 0 unspecified atom stereocenters. The third-order valence-electron chi connectivity index (χ3n) is 3.42. The molecule has 1 amide bonds. The molecule has 24 heavy (non-hydrogen) atoms. The summed E-state index contributed by atoms with van der Waals surface area (Å²) in [5.41, 5.74) is 2.05. The van der Waals surface area contributed by atoms with Crippen molar-refractivity contribution in [2.75, 3.05) is 26.1 Å². The van der Waals surface area contributed by atoms with E-state index in [0.717, 1.165) is 5.56 Å². The van der Waals surface area contributed by atoms with Gasteiger partial charge < -0.3 is 20.1 Å². The molecule has 0 fully saturated rings. The van der Waals surface area contributed by atoms with Crippen LogP contribution in [-0.4, -0.2) is 26.7 Å². The van der Waals surface area contributed by atoms with Crippen LogP contribution in [0.25, 0.3) is 0 Å². The summed E-state index contributed by atoms with van der Waals surface area (Å²) in [5.74, 6) is 1.09. The number of ether oxygens (including phenoxy) is 2. The van der Waals surface area contributed by atoms with E-state index in [1.54, 1.807) is 38.5 Å². The Morgan fingerprint density at radius 1 is 1.12 bits per heavy atom. The summed E-state index contributed by atoms with van der Waals surface area (Å²) in [4.78, 5) is 12.0. The van der Waals surface area contributed by atoms with Crippen molar-refractivity contribution in [2.45, 2.75) is 6.54 Å². The molecule has 0 atom stereocenters. The Bertz CT molecular complexity index is 753. The van der Waals surface area contributed by atoms with Crippen LogP contribution >= 0.6 is 0 Å². The van der Waals surface area contributed by atoms with Gasteiger partial charge in [-0.15, -0.1) is 0 Å². The fourth-order valence-electron chi connectivity index (χ4n) is 2.16. The van der Waals surface area contributed by atoms with Crippen LogP contribution in [0.4, 0.5) is 5.69 Å². The van der Waals surface area contributed by atoms with Gasteiger partial charge in [0, 0.05) is 6.54 Å². The quantitative estimate of drug-likeness (QED) is 0.816. The summed E-state index contributed by atoms with van der Waals surface area (Å²) in [7, 11) is 3.14. The van der Waals surface area contributed by atoms with Crippen LogP contribution in [0.3, 0.4) is 0 Å². The zero-order chi connectivity index (χ0) is 17.4. The van der Waals surface area contributed by atoms with Crippen molar-refractivity contribution in [3.05, 3.63) is 53.6 Å². The summed E-state index contributed by atoms with van der Waals surface area (Å²) >= 11 is 0. The van der Waals surface area contributed by atoms with Crippen LogP contribution in [0.15, 0.2) is 42.5 Å². The minimum atomic E-state index is -0.169. The third kappa shape index (κ3) is 4.40. The van der Waals surface area contributed by atoms with Crippen LogP contribution in [0.5, 0.6) is 11.5 Å². The summed E-state index contributed by atoms with van der Waals surface area (Å²) in [6.45, 7) is 0.465. The van der Waals surface area contributed by atoms with Crippen molar-refractivity contribution >= 4 is 11.6 Å². The molecule has 0 aliphatic rings. The standard InChI is InChI=1S/C18H19N3O3/c1-23-16-8-7-13(9-17(16)24-2)11-21-18(22)12-20-15-6-4-3-5-14(15)10-19/h3-9,20H,11-12H2,1-2H3,(H,21,22). The molecule has 6 nitrogen and oxygen atoms in total. The number of anilines is 1. The number of carbonyl (C=O) groups excluding carboxylic acids is 1. The van der Waals surface area contributed by atoms with Crippen LogP contribution < -0.4 is 20.1 Å². The van der Waals surface area contributed by atoms with Crippen LogP contribution in [0.1, 0.15) is 11.1 Å². The molecule has 0 spiro atoms. The monoisotopic (exact) mass is 325 g/mol. The third-order valence-corrected chi connectivity index (χ3v) is 3.42. The molecule has 2 rings (SSSR count). The highest BCUT2D eigenvalue weighted by Gasteiger charge is 2.07. The van der Waals surface area contributed by atoms with E-state index in [1.165, 1.54) is 0 Å². The number of nitriles is 1. The topological polar surface area (TPSA) is 83.4 Å². The first kappa shape index (κ1) is 17.2. The van der Waals surface area contributed by atoms with E-state index in [2.05, 4.69) is 16.7 Å². The van der Waals surface area contributed by atoms with Gasteiger partial charge >= 0.3 is 0 Å². The molecular formula is C18H19N3O3. The Morgan fingerprint density at radius 2 is 1.88 bits per heavy atom. The molecule has 0 aromatic heterocycles. The fraction of sp³-hybridized carbons (Fsp3) is 0.222. The number of hydrogen-bond donors (Lipinski definition) is 2. The number of nitrogens with one attached hydrogen (secondary N) is 2. The predicted molar refractivity (Wildman–Crippen MR) is 91.0 cm³/mol. The average Bonchev–Trinajstić information content (AvgIpc) is 2.64. The second-order valence-electron chi connectivity index (χ2n) is 4.98. The van der Waals surface area contributed by atoms with Gasteiger partial charge in [0.1, 0.15) is 6.07 Å². The highest BCUT2D eigenvalue weighted by molar-refractivity contribution is 5.81. The van der Waals surface area contributed by atoms with Crippen LogP contribution in [0, 0.1) is 11.3 Å². The number of benzene rings is 2. The maximum absolute atomic E-state index is 12.0. The number of methoxy groups -OCH3 is 2. The number of carbonyl (C=O) groups is 1. The average molecular weight is 325 g/mol. The molecule has 0 aliphatic carbocycles.